The van der Waals surface area contributed by atoms with E-state index in [0.717, 1.165) is 42.4 Å². The fraction of sp³-hybridized carbons (Fsp3) is 0.0588. The predicted octanol–water partition coefficient (Wildman–Crippen LogP) is 6.29. The standard InChI is InChI=1S/C17H10Br2O2/c18-12-3-1-10-5-14(20-16(10)7-12)9-15-6-11-2-4-13(19)8-17(11)21-15/h1-8H,9H2. The first-order chi connectivity index (χ1) is 10.2. The smallest absolute Gasteiger partial charge is 0.135 e. The van der Waals surface area contributed by atoms with E-state index in [4.69, 9.17) is 8.83 Å². The molecule has 2 aromatic heterocycles. The summed E-state index contributed by atoms with van der Waals surface area (Å²) in [5, 5.41) is 2.21. The van der Waals surface area contributed by atoms with Gasteiger partial charge in [0.25, 0.3) is 0 Å². The molecule has 0 fully saturated rings. The zero-order valence-electron chi connectivity index (χ0n) is 10.9. The summed E-state index contributed by atoms with van der Waals surface area (Å²) in [6.45, 7) is 0. The third-order valence-electron chi connectivity index (χ3n) is 3.41. The Bertz CT molecular complexity index is 872. The summed E-state index contributed by atoms with van der Waals surface area (Å²) in [5.41, 5.74) is 1.77. The van der Waals surface area contributed by atoms with Crippen LogP contribution in [-0.2, 0) is 6.42 Å². The number of furan rings is 2. The molecule has 2 aromatic carbocycles. The van der Waals surface area contributed by atoms with Crippen molar-refractivity contribution in [1.82, 2.24) is 0 Å². The summed E-state index contributed by atoms with van der Waals surface area (Å²) < 4.78 is 13.8. The number of fused-ring (bicyclic) bond motifs is 2. The lowest BCUT2D eigenvalue weighted by Gasteiger charge is -1.92. The molecule has 0 saturated carbocycles. The van der Waals surface area contributed by atoms with Crippen molar-refractivity contribution in [3.8, 4) is 0 Å². The van der Waals surface area contributed by atoms with Crippen LogP contribution in [0.1, 0.15) is 11.5 Å². The highest BCUT2D eigenvalue weighted by Crippen LogP contribution is 2.28. The van der Waals surface area contributed by atoms with Gasteiger partial charge in [-0.1, -0.05) is 31.9 Å². The molecule has 4 heteroatoms. The third-order valence-corrected chi connectivity index (χ3v) is 4.40. The fourth-order valence-corrected chi connectivity index (χ4v) is 3.15. The fourth-order valence-electron chi connectivity index (χ4n) is 2.47. The van der Waals surface area contributed by atoms with E-state index in [1.54, 1.807) is 0 Å². The van der Waals surface area contributed by atoms with E-state index < -0.39 is 0 Å². The highest BCUT2D eigenvalue weighted by molar-refractivity contribution is 9.10. The molecule has 21 heavy (non-hydrogen) atoms. The molecule has 0 N–H and O–H groups in total. The molecule has 4 aromatic rings. The second-order valence-corrected chi connectivity index (χ2v) is 6.80. The minimum atomic E-state index is 0.651. The van der Waals surface area contributed by atoms with Gasteiger partial charge in [0.15, 0.2) is 0 Å². The van der Waals surface area contributed by atoms with Gasteiger partial charge in [-0.25, -0.2) is 0 Å². The number of rotatable bonds is 2. The molecule has 0 saturated heterocycles. The van der Waals surface area contributed by atoms with Crippen LogP contribution in [0.5, 0.6) is 0 Å². The van der Waals surface area contributed by atoms with Crippen molar-refractivity contribution in [1.29, 1.82) is 0 Å². The normalized spacial score (nSPS) is 11.5. The molecule has 0 amide bonds. The molecule has 104 valence electrons. The van der Waals surface area contributed by atoms with E-state index in [0.29, 0.717) is 6.42 Å². The van der Waals surface area contributed by atoms with Crippen LogP contribution in [0.15, 0.2) is 66.3 Å². The van der Waals surface area contributed by atoms with Gasteiger partial charge in [-0.05, 0) is 48.5 Å². The Kier molecular flexibility index (Phi) is 3.16. The Morgan fingerprint density at radius 2 is 1.14 bits per heavy atom. The SMILES string of the molecule is Brc1ccc2cc(Cc3cc4ccc(Br)cc4o3)oc2c1. The Morgan fingerprint density at radius 1 is 0.667 bits per heavy atom. The van der Waals surface area contributed by atoms with Crippen molar-refractivity contribution in [3.05, 3.63) is 69.0 Å². The van der Waals surface area contributed by atoms with Crippen LogP contribution < -0.4 is 0 Å². The van der Waals surface area contributed by atoms with Gasteiger partial charge in [0, 0.05) is 19.7 Å². The van der Waals surface area contributed by atoms with Gasteiger partial charge in [0.2, 0.25) is 0 Å². The number of hydrogen-bond donors (Lipinski definition) is 0. The molecule has 0 radical (unpaired) electrons. The lowest BCUT2D eigenvalue weighted by Crippen LogP contribution is -1.80. The molecule has 2 heterocycles. The summed E-state index contributed by atoms with van der Waals surface area (Å²) in [6, 6.07) is 16.2. The van der Waals surface area contributed by atoms with Gasteiger partial charge < -0.3 is 8.83 Å². The van der Waals surface area contributed by atoms with E-state index in [1.807, 2.05) is 36.4 Å². The molecule has 0 bridgehead atoms. The third kappa shape index (κ3) is 2.54. The Morgan fingerprint density at radius 3 is 1.62 bits per heavy atom. The quantitative estimate of drug-likeness (QED) is 0.391. The van der Waals surface area contributed by atoms with E-state index in [1.165, 1.54) is 0 Å². The van der Waals surface area contributed by atoms with Crippen LogP contribution in [-0.4, -0.2) is 0 Å². The van der Waals surface area contributed by atoms with Gasteiger partial charge in [-0.2, -0.15) is 0 Å². The summed E-state index contributed by atoms with van der Waals surface area (Å²) >= 11 is 6.91. The van der Waals surface area contributed by atoms with E-state index in [2.05, 4.69) is 44.0 Å². The maximum absolute atomic E-state index is 5.87. The molecule has 4 rings (SSSR count). The van der Waals surface area contributed by atoms with Crippen LogP contribution in [0.4, 0.5) is 0 Å². The minimum Gasteiger partial charge on any atom is -0.461 e. The van der Waals surface area contributed by atoms with Crippen LogP contribution in [0.2, 0.25) is 0 Å². The lowest BCUT2D eigenvalue weighted by atomic mass is 10.2. The largest absolute Gasteiger partial charge is 0.461 e. The Labute approximate surface area is 138 Å². The summed E-state index contributed by atoms with van der Waals surface area (Å²) in [6.07, 6.45) is 0.651. The minimum absolute atomic E-state index is 0.651. The van der Waals surface area contributed by atoms with Gasteiger partial charge in [-0.3, -0.25) is 0 Å². The van der Waals surface area contributed by atoms with Crippen molar-refractivity contribution in [2.75, 3.05) is 0 Å². The molecule has 0 unspecified atom stereocenters. The van der Waals surface area contributed by atoms with Gasteiger partial charge in [-0.15, -0.1) is 0 Å². The molecule has 0 atom stereocenters. The van der Waals surface area contributed by atoms with Gasteiger partial charge >= 0.3 is 0 Å². The van der Waals surface area contributed by atoms with Gasteiger partial charge in [0.05, 0.1) is 6.42 Å². The number of halogens is 2. The first-order valence-corrected chi connectivity index (χ1v) is 8.12. The first kappa shape index (κ1) is 13.2. The van der Waals surface area contributed by atoms with Crippen molar-refractivity contribution in [3.63, 3.8) is 0 Å². The number of benzene rings is 2. The predicted molar refractivity (Wildman–Crippen MR) is 90.6 cm³/mol. The van der Waals surface area contributed by atoms with Crippen molar-refractivity contribution < 1.29 is 8.83 Å². The first-order valence-electron chi connectivity index (χ1n) is 6.53. The van der Waals surface area contributed by atoms with E-state index in [9.17, 15) is 0 Å². The van der Waals surface area contributed by atoms with Crippen LogP contribution in [0.25, 0.3) is 21.9 Å². The maximum Gasteiger partial charge on any atom is 0.135 e. The second kappa shape index (κ2) is 5.04. The van der Waals surface area contributed by atoms with Crippen LogP contribution in [0, 0.1) is 0 Å². The highest BCUT2D eigenvalue weighted by atomic mass is 79.9. The summed E-state index contributed by atoms with van der Waals surface area (Å²) in [5.74, 6) is 1.81. The molecular weight excluding hydrogens is 396 g/mol. The van der Waals surface area contributed by atoms with Crippen molar-refractivity contribution >= 4 is 53.8 Å². The summed E-state index contributed by atoms with van der Waals surface area (Å²) in [4.78, 5) is 0. The maximum atomic E-state index is 5.87. The van der Waals surface area contributed by atoms with Crippen molar-refractivity contribution in [2.24, 2.45) is 0 Å². The Balaban J connectivity index is 1.71. The molecule has 0 aliphatic carbocycles. The van der Waals surface area contributed by atoms with Crippen LogP contribution in [0.3, 0.4) is 0 Å². The highest BCUT2D eigenvalue weighted by Gasteiger charge is 2.09. The van der Waals surface area contributed by atoms with Gasteiger partial charge in [0.1, 0.15) is 22.7 Å². The van der Waals surface area contributed by atoms with E-state index in [-0.39, 0.29) is 0 Å². The molecular formula is C17H10Br2O2. The average molecular weight is 406 g/mol. The average Bonchev–Trinajstić information content (AvgIpc) is 3.00. The molecule has 2 nitrogen and oxygen atoms in total. The van der Waals surface area contributed by atoms with Crippen molar-refractivity contribution in [2.45, 2.75) is 6.42 Å². The monoisotopic (exact) mass is 404 g/mol. The van der Waals surface area contributed by atoms with E-state index >= 15 is 0 Å². The molecule has 0 aliphatic rings. The zero-order valence-corrected chi connectivity index (χ0v) is 14.1. The Hall–Kier alpha value is -1.52. The number of hydrogen-bond acceptors (Lipinski definition) is 2. The molecule has 0 aliphatic heterocycles. The second-order valence-electron chi connectivity index (χ2n) is 4.97. The topological polar surface area (TPSA) is 26.3 Å². The lowest BCUT2D eigenvalue weighted by molar-refractivity contribution is 0.512. The summed E-state index contributed by atoms with van der Waals surface area (Å²) in [7, 11) is 0. The van der Waals surface area contributed by atoms with Crippen LogP contribution >= 0.6 is 31.9 Å². The molecule has 0 spiro atoms. The zero-order chi connectivity index (χ0) is 14.4.